The monoisotopic (exact) mass is 417 g/mol. The topological polar surface area (TPSA) is 87.7 Å². The summed E-state index contributed by atoms with van der Waals surface area (Å²) in [5, 5.41) is 3.48. The maximum atomic E-state index is 12.6. The van der Waals surface area contributed by atoms with Gasteiger partial charge in [0.05, 0.1) is 18.7 Å². The molecule has 0 aromatic carbocycles. The Hall–Kier alpha value is -2.52. The Morgan fingerprint density at radius 2 is 1.90 bits per heavy atom. The second-order valence-corrected chi connectivity index (χ2v) is 8.21. The zero-order valence-corrected chi connectivity index (χ0v) is 17.9. The van der Waals surface area contributed by atoms with E-state index in [1.807, 2.05) is 6.07 Å². The number of nitrogens with zero attached hydrogens (tertiary/aromatic N) is 4. The summed E-state index contributed by atoms with van der Waals surface area (Å²) < 4.78 is 5.14. The third-order valence-corrected chi connectivity index (χ3v) is 5.99. The van der Waals surface area contributed by atoms with Gasteiger partial charge in [-0.05, 0) is 25.0 Å². The van der Waals surface area contributed by atoms with Gasteiger partial charge in [-0.2, -0.15) is 0 Å². The van der Waals surface area contributed by atoms with Gasteiger partial charge in [-0.15, -0.1) is 11.3 Å². The van der Waals surface area contributed by atoms with Crippen molar-refractivity contribution < 1.29 is 14.3 Å². The van der Waals surface area contributed by atoms with Crippen LogP contribution in [0, 0.1) is 0 Å². The molecule has 2 aromatic rings. The number of amides is 1. The van der Waals surface area contributed by atoms with Crippen LogP contribution in [-0.2, 0) is 9.53 Å². The lowest BCUT2D eigenvalue weighted by Gasteiger charge is -2.34. The van der Waals surface area contributed by atoms with Gasteiger partial charge in [0.1, 0.15) is 5.00 Å². The van der Waals surface area contributed by atoms with Gasteiger partial charge >= 0.3 is 5.97 Å². The highest BCUT2D eigenvalue weighted by Crippen LogP contribution is 2.33. The van der Waals surface area contributed by atoms with E-state index in [1.54, 1.807) is 25.4 Å². The Balaban J connectivity index is 1.58. The zero-order valence-electron chi connectivity index (χ0n) is 17.1. The number of hydrogen-bond acceptors (Lipinski definition) is 8. The Morgan fingerprint density at radius 1 is 1.21 bits per heavy atom. The van der Waals surface area contributed by atoms with Gasteiger partial charge < -0.3 is 15.0 Å². The molecule has 1 saturated heterocycles. The quantitative estimate of drug-likeness (QED) is 0.693. The molecule has 3 heterocycles. The highest BCUT2D eigenvalue weighted by atomic mass is 32.1. The summed E-state index contributed by atoms with van der Waals surface area (Å²) in [5.41, 5.74) is 0.431. The molecule has 0 spiro atoms. The number of hydrogen-bond donors (Lipinski definition) is 1. The number of nitrogens with one attached hydrogen (secondary N) is 1. The van der Waals surface area contributed by atoms with Crippen molar-refractivity contribution in [1.29, 1.82) is 0 Å². The number of piperazine rings is 1. The van der Waals surface area contributed by atoms with Gasteiger partial charge in [0.2, 0.25) is 11.9 Å². The van der Waals surface area contributed by atoms with Crippen molar-refractivity contribution in [3.8, 4) is 0 Å². The molecule has 9 heteroatoms. The van der Waals surface area contributed by atoms with E-state index in [4.69, 9.17) is 4.74 Å². The summed E-state index contributed by atoms with van der Waals surface area (Å²) in [5.74, 6) is 0.460. The van der Waals surface area contributed by atoms with Crippen molar-refractivity contribution in [3.05, 3.63) is 35.0 Å². The number of anilines is 2. The van der Waals surface area contributed by atoms with Crippen LogP contribution in [0.25, 0.3) is 0 Å². The van der Waals surface area contributed by atoms with Gasteiger partial charge in [-0.1, -0.05) is 13.8 Å². The lowest BCUT2D eigenvalue weighted by Crippen LogP contribution is -2.49. The van der Waals surface area contributed by atoms with Crippen LogP contribution in [0.5, 0.6) is 0 Å². The molecule has 0 aliphatic carbocycles. The number of aromatic nitrogens is 2. The Labute approximate surface area is 174 Å². The second kappa shape index (κ2) is 9.80. The molecule has 1 N–H and O–H groups in total. The smallest absolute Gasteiger partial charge is 0.341 e. The minimum absolute atomic E-state index is 0.128. The molecule has 0 radical (unpaired) electrons. The zero-order chi connectivity index (χ0) is 20.8. The summed E-state index contributed by atoms with van der Waals surface area (Å²) >= 11 is 1.43. The minimum Gasteiger partial charge on any atom is -0.462 e. The lowest BCUT2D eigenvalue weighted by atomic mass is 10.1. The summed E-state index contributed by atoms with van der Waals surface area (Å²) in [6, 6.07) is 3.62. The van der Waals surface area contributed by atoms with Crippen LogP contribution in [0.15, 0.2) is 24.5 Å². The molecule has 0 unspecified atom stereocenters. The third kappa shape index (κ3) is 5.51. The van der Waals surface area contributed by atoms with E-state index in [9.17, 15) is 9.59 Å². The molecule has 3 rings (SSSR count). The fourth-order valence-corrected chi connectivity index (χ4v) is 4.14. The average Bonchev–Trinajstić information content (AvgIpc) is 3.13. The van der Waals surface area contributed by atoms with Crippen LogP contribution < -0.4 is 10.2 Å². The fraction of sp³-hybridized carbons (Fsp3) is 0.500. The molecule has 29 heavy (non-hydrogen) atoms. The molecule has 1 aliphatic rings. The SMILES string of the molecule is CCOC(=O)c1cc(C(C)C)sc1NC(=O)CN1CCN(c2ncccn2)CC1. The molecule has 2 aromatic heterocycles. The molecule has 0 atom stereocenters. The molecule has 1 amide bonds. The predicted octanol–water partition coefficient (Wildman–Crippen LogP) is 2.60. The third-order valence-electron chi connectivity index (χ3n) is 4.64. The highest BCUT2D eigenvalue weighted by Gasteiger charge is 2.23. The lowest BCUT2D eigenvalue weighted by molar-refractivity contribution is -0.117. The Kier molecular flexibility index (Phi) is 7.16. The maximum Gasteiger partial charge on any atom is 0.341 e. The van der Waals surface area contributed by atoms with E-state index in [0.717, 1.165) is 37.0 Å². The van der Waals surface area contributed by atoms with E-state index in [0.29, 0.717) is 17.2 Å². The van der Waals surface area contributed by atoms with Crippen molar-refractivity contribution in [1.82, 2.24) is 14.9 Å². The largest absolute Gasteiger partial charge is 0.462 e. The van der Waals surface area contributed by atoms with Crippen LogP contribution >= 0.6 is 11.3 Å². The van der Waals surface area contributed by atoms with Crippen molar-refractivity contribution in [2.24, 2.45) is 0 Å². The molecule has 8 nitrogen and oxygen atoms in total. The van der Waals surface area contributed by atoms with Crippen molar-refractivity contribution in [2.45, 2.75) is 26.7 Å². The summed E-state index contributed by atoms with van der Waals surface area (Å²) in [6.07, 6.45) is 3.46. The fourth-order valence-electron chi connectivity index (χ4n) is 3.08. The number of carbonyl (C=O) groups excluding carboxylic acids is 2. The molecule has 1 aliphatic heterocycles. The first-order valence-corrected chi connectivity index (χ1v) is 10.6. The first-order chi connectivity index (χ1) is 14.0. The van der Waals surface area contributed by atoms with Gasteiger partial charge in [-0.3, -0.25) is 9.69 Å². The first-order valence-electron chi connectivity index (χ1n) is 9.83. The Morgan fingerprint density at radius 3 is 2.52 bits per heavy atom. The van der Waals surface area contributed by atoms with E-state index in [1.165, 1.54) is 11.3 Å². The van der Waals surface area contributed by atoms with E-state index < -0.39 is 5.97 Å². The molecule has 156 valence electrons. The van der Waals surface area contributed by atoms with Crippen molar-refractivity contribution in [3.63, 3.8) is 0 Å². The van der Waals surface area contributed by atoms with E-state index >= 15 is 0 Å². The van der Waals surface area contributed by atoms with Gasteiger partial charge in [0, 0.05) is 43.4 Å². The predicted molar refractivity (Wildman–Crippen MR) is 114 cm³/mol. The number of rotatable bonds is 7. The van der Waals surface area contributed by atoms with Crippen LogP contribution in [-0.4, -0.2) is 66.1 Å². The average molecular weight is 418 g/mol. The normalized spacial score (nSPS) is 14.8. The van der Waals surface area contributed by atoms with Crippen molar-refractivity contribution in [2.75, 3.05) is 49.5 Å². The van der Waals surface area contributed by atoms with E-state index in [-0.39, 0.29) is 18.4 Å². The maximum absolute atomic E-state index is 12.6. The molecule has 0 saturated carbocycles. The van der Waals surface area contributed by atoms with Crippen LogP contribution in [0.1, 0.15) is 41.9 Å². The summed E-state index contributed by atoms with van der Waals surface area (Å²) in [6.45, 7) is 9.49. The van der Waals surface area contributed by atoms with Gasteiger partial charge in [-0.25, -0.2) is 14.8 Å². The summed E-state index contributed by atoms with van der Waals surface area (Å²) in [4.78, 5) is 38.7. The molecular formula is C20H27N5O3S. The number of ether oxygens (including phenoxy) is 1. The molecule has 1 fully saturated rings. The molecule has 0 bridgehead atoms. The Bertz CT molecular complexity index is 832. The first kappa shape index (κ1) is 21.2. The summed E-state index contributed by atoms with van der Waals surface area (Å²) in [7, 11) is 0. The highest BCUT2D eigenvalue weighted by molar-refractivity contribution is 7.16. The van der Waals surface area contributed by atoms with Crippen LogP contribution in [0.3, 0.4) is 0 Å². The molecular weight excluding hydrogens is 390 g/mol. The van der Waals surface area contributed by atoms with Crippen LogP contribution in [0.4, 0.5) is 10.9 Å². The second-order valence-electron chi connectivity index (χ2n) is 7.13. The number of carbonyl (C=O) groups is 2. The van der Waals surface area contributed by atoms with Crippen molar-refractivity contribution >= 4 is 34.2 Å². The number of thiophene rings is 1. The standard InChI is InChI=1S/C20H27N5O3S/c1-4-28-19(27)15-12-16(14(2)3)29-18(15)23-17(26)13-24-8-10-25(11-9-24)20-21-6-5-7-22-20/h5-7,12,14H,4,8-11,13H2,1-3H3,(H,23,26). The van der Waals surface area contributed by atoms with Crippen LogP contribution in [0.2, 0.25) is 0 Å². The van der Waals surface area contributed by atoms with Gasteiger partial charge in [0.15, 0.2) is 0 Å². The van der Waals surface area contributed by atoms with Gasteiger partial charge in [0.25, 0.3) is 0 Å². The minimum atomic E-state index is -0.401. The van der Waals surface area contributed by atoms with E-state index in [2.05, 4.69) is 38.9 Å². The number of esters is 1.